The van der Waals surface area contributed by atoms with Gasteiger partial charge >= 0.3 is 5.97 Å². The molecule has 0 bridgehead atoms. The zero-order chi connectivity index (χ0) is 15.6. The first kappa shape index (κ1) is 16.1. The van der Waals surface area contributed by atoms with E-state index in [-0.39, 0.29) is 0 Å². The number of alkyl halides is 2. The van der Waals surface area contributed by atoms with Crippen molar-refractivity contribution in [2.75, 3.05) is 0 Å². The molecule has 0 aliphatic rings. The number of esters is 1. The van der Waals surface area contributed by atoms with Crippen molar-refractivity contribution in [3.8, 4) is 5.88 Å². The fraction of sp³-hybridized carbons (Fsp3) is 0.286. The first-order valence-corrected chi connectivity index (χ1v) is 7.41. The highest BCUT2D eigenvalue weighted by molar-refractivity contribution is 6.53. The van der Waals surface area contributed by atoms with Crippen LogP contribution in [0.1, 0.15) is 16.8 Å². The number of benzene rings is 1. The topological polar surface area (TPSA) is 44.1 Å². The summed E-state index contributed by atoms with van der Waals surface area (Å²) in [5, 5.41) is 4.96. The Bertz CT molecular complexity index is 668. The third kappa shape index (κ3) is 4.13. The molecule has 0 N–H and O–H groups in total. The van der Waals surface area contributed by atoms with E-state index in [0.717, 1.165) is 16.8 Å². The maximum absolute atomic E-state index is 11.5. The molecule has 1 aromatic carbocycles. The first-order chi connectivity index (χ1) is 9.86. The molecule has 0 amide bonds. The Labute approximate surface area is 137 Å². The summed E-state index contributed by atoms with van der Waals surface area (Å²) in [6.07, 6.45) is 0. The first-order valence-electron chi connectivity index (χ1n) is 6.16. The van der Waals surface area contributed by atoms with Crippen molar-refractivity contribution < 1.29 is 9.53 Å². The smallest absolute Gasteiger partial charge is 0.346 e. The average Bonchev–Trinajstić information content (AvgIpc) is 2.73. The molecular formula is C14H13Cl3N2O2. The Balaban J connectivity index is 2.23. The lowest BCUT2D eigenvalue weighted by molar-refractivity contribution is -0.132. The van der Waals surface area contributed by atoms with Crippen LogP contribution in [0.25, 0.3) is 0 Å². The Hall–Kier alpha value is -1.23. The van der Waals surface area contributed by atoms with Crippen molar-refractivity contribution in [2.45, 2.75) is 25.2 Å². The number of hydrogen-bond acceptors (Lipinski definition) is 3. The molecule has 0 saturated heterocycles. The minimum Gasteiger partial charge on any atom is -0.406 e. The highest BCUT2D eigenvalue weighted by Gasteiger charge is 2.17. The number of halogens is 3. The fourth-order valence-electron chi connectivity index (χ4n) is 1.77. The average molecular weight is 348 g/mol. The molecule has 4 nitrogen and oxygen atoms in total. The molecule has 0 unspecified atom stereocenters. The molecule has 0 spiro atoms. The molecule has 1 aromatic heterocycles. The van der Waals surface area contributed by atoms with E-state index in [4.69, 9.17) is 39.5 Å². The Morgan fingerprint density at radius 2 is 2.05 bits per heavy atom. The van der Waals surface area contributed by atoms with Crippen LogP contribution in [-0.2, 0) is 11.3 Å². The van der Waals surface area contributed by atoms with E-state index in [2.05, 4.69) is 5.10 Å². The summed E-state index contributed by atoms with van der Waals surface area (Å²) in [5.74, 6) is -0.443. The SMILES string of the molecule is Cc1cc(OC(=O)C(Cl)Cl)n(Cc2ccc(C)c(Cl)c2)n1. The number of carbonyl (C=O) groups is 1. The molecular weight excluding hydrogens is 335 g/mol. The number of nitrogens with zero attached hydrogens (tertiary/aromatic N) is 2. The summed E-state index contributed by atoms with van der Waals surface area (Å²) in [4.78, 5) is 10.2. The number of rotatable bonds is 4. The summed E-state index contributed by atoms with van der Waals surface area (Å²) < 4.78 is 6.68. The lowest BCUT2D eigenvalue weighted by Gasteiger charge is -2.09. The maximum Gasteiger partial charge on any atom is 0.346 e. The summed E-state index contributed by atoms with van der Waals surface area (Å²) in [7, 11) is 0. The summed E-state index contributed by atoms with van der Waals surface area (Å²) >= 11 is 17.1. The second-order valence-electron chi connectivity index (χ2n) is 4.59. The summed E-state index contributed by atoms with van der Waals surface area (Å²) in [6, 6.07) is 7.36. The minimum atomic E-state index is -1.23. The minimum absolute atomic E-state index is 0.292. The fourth-order valence-corrected chi connectivity index (χ4v) is 2.06. The van der Waals surface area contributed by atoms with E-state index in [1.165, 1.54) is 0 Å². The Morgan fingerprint density at radius 3 is 2.67 bits per heavy atom. The van der Waals surface area contributed by atoms with Gasteiger partial charge in [0.2, 0.25) is 10.7 Å². The molecule has 0 saturated carbocycles. The number of hydrogen-bond donors (Lipinski definition) is 0. The molecule has 21 heavy (non-hydrogen) atoms. The van der Waals surface area contributed by atoms with Gasteiger partial charge in [0.25, 0.3) is 0 Å². The zero-order valence-electron chi connectivity index (χ0n) is 11.4. The van der Waals surface area contributed by atoms with Crippen molar-refractivity contribution in [3.63, 3.8) is 0 Å². The standard InChI is InChI=1S/C14H13Cl3N2O2/c1-8-3-4-10(6-11(8)15)7-19-12(5-9(2)18-19)21-14(20)13(16)17/h3-6,13H,7H2,1-2H3. The zero-order valence-corrected chi connectivity index (χ0v) is 13.7. The van der Waals surface area contributed by atoms with Gasteiger partial charge in [0.1, 0.15) is 0 Å². The van der Waals surface area contributed by atoms with Crippen LogP contribution < -0.4 is 4.74 Å². The second kappa shape index (κ2) is 6.69. The number of ether oxygens (including phenoxy) is 1. The van der Waals surface area contributed by atoms with Crippen LogP contribution in [0.5, 0.6) is 5.88 Å². The van der Waals surface area contributed by atoms with E-state index >= 15 is 0 Å². The van der Waals surface area contributed by atoms with Gasteiger partial charge in [-0.15, -0.1) is 0 Å². The van der Waals surface area contributed by atoms with Crippen LogP contribution >= 0.6 is 34.8 Å². The largest absolute Gasteiger partial charge is 0.406 e. The number of aromatic nitrogens is 2. The highest BCUT2D eigenvalue weighted by Crippen LogP contribution is 2.21. The van der Waals surface area contributed by atoms with Gasteiger partial charge in [-0.1, -0.05) is 46.9 Å². The predicted molar refractivity (Wildman–Crippen MR) is 83.4 cm³/mol. The third-order valence-corrected chi connectivity index (χ3v) is 3.58. The molecule has 0 aliphatic carbocycles. The number of carbonyl (C=O) groups excluding carboxylic acids is 1. The molecule has 0 fully saturated rings. The third-order valence-electron chi connectivity index (χ3n) is 2.82. The van der Waals surface area contributed by atoms with Gasteiger partial charge in [0.15, 0.2) is 0 Å². The Morgan fingerprint density at radius 1 is 1.33 bits per heavy atom. The second-order valence-corrected chi connectivity index (χ2v) is 6.09. The van der Waals surface area contributed by atoms with Crippen LogP contribution in [0.4, 0.5) is 0 Å². The van der Waals surface area contributed by atoms with Crippen molar-refractivity contribution >= 4 is 40.8 Å². The van der Waals surface area contributed by atoms with Gasteiger partial charge in [0, 0.05) is 11.1 Å². The maximum atomic E-state index is 11.5. The van der Waals surface area contributed by atoms with Gasteiger partial charge in [-0.3, -0.25) is 0 Å². The van der Waals surface area contributed by atoms with Crippen molar-refractivity contribution in [1.29, 1.82) is 0 Å². The van der Waals surface area contributed by atoms with Crippen LogP contribution in [0.2, 0.25) is 5.02 Å². The van der Waals surface area contributed by atoms with Crippen molar-refractivity contribution in [2.24, 2.45) is 0 Å². The van der Waals surface area contributed by atoms with E-state index in [0.29, 0.717) is 17.4 Å². The van der Waals surface area contributed by atoms with Crippen LogP contribution in [0.15, 0.2) is 24.3 Å². The molecule has 0 radical (unpaired) electrons. The molecule has 0 atom stereocenters. The Kier molecular flexibility index (Phi) is 5.14. The predicted octanol–water partition coefficient (Wildman–Crippen LogP) is 3.91. The number of aryl methyl sites for hydroxylation is 2. The van der Waals surface area contributed by atoms with Gasteiger partial charge < -0.3 is 4.74 Å². The van der Waals surface area contributed by atoms with Crippen LogP contribution in [-0.4, -0.2) is 20.6 Å². The van der Waals surface area contributed by atoms with E-state index < -0.39 is 10.8 Å². The molecule has 2 rings (SSSR count). The van der Waals surface area contributed by atoms with Gasteiger partial charge in [-0.25, -0.2) is 9.48 Å². The molecule has 112 valence electrons. The van der Waals surface area contributed by atoms with E-state index in [1.54, 1.807) is 17.7 Å². The van der Waals surface area contributed by atoms with Gasteiger partial charge in [0.05, 0.1) is 12.2 Å². The van der Waals surface area contributed by atoms with E-state index in [1.807, 2.05) is 25.1 Å². The van der Waals surface area contributed by atoms with Crippen LogP contribution in [0, 0.1) is 13.8 Å². The lowest BCUT2D eigenvalue weighted by Crippen LogP contribution is -2.18. The summed E-state index contributed by atoms with van der Waals surface area (Å²) in [5.41, 5.74) is 2.66. The lowest BCUT2D eigenvalue weighted by atomic mass is 10.1. The molecule has 2 aromatic rings. The van der Waals surface area contributed by atoms with Gasteiger partial charge in [-0.2, -0.15) is 5.10 Å². The highest BCUT2D eigenvalue weighted by atomic mass is 35.5. The molecule has 0 aliphatic heterocycles. The molecule has 1 heterocycles. The monoisotopic (exact) mass is 346 g/mol. The van der Waals surface area contributed by atoms with Crippen molar-refractivity contribution in [1.82, 2.24) is 9.78 Å². The van der Waals surface area contributed by atoms with Crippen LogP contribution in [0.3, 0.4) is 0 Å². The van der Waals surface area contributed by atoms with Gasteiger partial charge in [-0.05, 0) is 31.0 Å². The van der Waals surface area contributed by atoms with E-state index in [9.17, 15) is 4.79 Å². The molecule has 7 heteroatoms. The van der Waals surface area contributed by atoms with Crippen molar-refractivity contribution in [3.05, 3.63) is 46.1 Å². The quantitative estimate of drug-likeness (QED) is 0.622. The summed E-state index contributed by atoms with van der Waals surface area (Å²) in [6.45, 7) is 4.15. The normalized spacial score (nSPS) is 11.0.